The monoisotopic (exact) mass is 166 g/mol. The molecule has 0 bridgehead atoms. The van der Waals surface area contributed by atoms with Crippen molar-refractivity contribution < 1.29 is 0 Å². The molecule has 0 N–H and O–H groups in total. The first-order valence-corrected chi connectivity index (χ1v) is 5.98. The van der Waals surface area contributed by atoms with E-state index in [1.165, 1.54) is 41.1 Å². The summed E-state index contributed by atoms with van der Waals surface area (Å²) in [7, 11) is 1.33. The van der Waals surface area contributed by atoms with Crippen molar-refractivity contribution in [1.29, 1.82) is 0 Å². The zero-order chi connectivity index (χ0) is 8.27. The van der Waals surface area contributed by atoms with E-state index in [4.69, 9.17) is 0 Å². The van der Waals surface area contributed by atoms with Gasteiger partial charge >= 0.3 is 0 Å². The minimum atomic E-state index is 0.784. The summed E-state index contributed by atoms with van der Waals surface area (Å²) in [5, 5.41) is 0. The van der Waals surface area contributed by atoms with E-state index in [0.717, 1.165) is 5.92 Å². The standard InChI is InChI=1S/C10H18Si/c1-8(2)10-5-3-9(7-11)4-6-10/h3,10H,1,4-7H2,2,11H3. The van der Waals surface area contributed by atoms with Crippen molar-refractivity contribution in [2.45, 2.75) is 32.2 Å². The first-order valence-electron chi connectivity index (χ1n) is 4.57. The average Bonchev–Trinajstić information content (AvgIpc) is 2.05. The highest BCUT2D eigenvalue weighted by molar-refractivity contribution is 6.10. The lowest BCUT2D eigenvalue weighted by Gasteiger charge is -2.21. The topological polar surface area (TPSA) is 0 Å². The summed E-state index contributed by atoms with van der Waals surface area (Å²) in [6.07, 6.45) is 6.38. The molecule has 1 unspecified atom stereocenters. The van der Waals surface area contributed by atoms with Crippen molar-refractivity contribution in [3.63, 3.8) is 0 Å². The third kappa shape index (κ3) is 2.33. The second kappa shape index (κ2) is 3.91. The molecule has 0 radical (unpaired) electrons. The Labute approximate surface area is 72.8 Å². The van der Waals surface area contributed by atoms with Crippen molar-refractivity contribution in [2.75, 3.05) is 0 Å². The molecular weight excluding hydrogens is 148 g/mol. The summed E-state index contributed by atoms with van der Waals surface area (Å²) in [5.74, 6) is 0.784. The molecule has 0 aliphatic heterocycles. The van der Waals surface area contributed by atoms with Crippen LogP contribution in [0.5, 0.6) is 0 Å². The fraction of sp³-hybridized carbons (Fsp3) is 0.600. The largest absolute Gasteiger partial charge is 0.0998 e. The molecule has 0 saturated heterocycles. The van der Waals surface area contributed by atoms with Crippen LogP contribution in [0.25, 0.3) is 0 Å². The zero-order valence-electron chi connectivity index (χ0n) is 7.69. The van der Waals surface area contributed by atoms with E-state index >= 15 is 0 Å². The molecular formula is C10H18Si. The van der Waals surface area contributed by atoms with Crippen molar-refractivity contribution in [2.24, 2.45) is 5.92 Å². The van der Waals surface area contributed by atoms with E-state index in [0.29, 0.717) is 0 Å². The fourth-order valence-electron chi connectivity index (χ4n) is 1.66. The van der Waals surface area contributed by atoms with E-state index in [1.807, 2.05) is 0 Å². The molecule has 0 spiro atoms. The predicted octanol–water partition coefficient (Wildman–Crippen LogP) is 2.07. The molecule has 0 fully saturated rings. The van der Waals surface area contributed by atoms with Crippen molar-refractivity contribution in [1.82, 2.24) is 0 Å². The lowest BCUT2D eigenvalue weighted by Crippen LogP contribution is -2.06. The maximum Gasteiger partial charge on any atom is 0.00790 e. The predicted molar refractivity (Wildman–Crippen MR) is 55.0 cm³/mol. The third-order valence-electron chi connectivity index (χ3n) is 2.66. The maximum atomic E-state index is 4.01. The van der Waals surface area contributed by atoms with Crippen LogP contribution >= 0.6 is 0 Å². The smallest absolute Gasteiger partial charge is 0.00790 e. The molecule has 0 heterocycles. The molecule has 0 aromatic rings. The van der Waals surface area contributed by atoms with Gasteiger partial charge in [-0.05, 0) is 38.1 Å². The van der Waals surface area contributed by atoms with Gasteiger partial charge in [-0.1, -0.05) is 23.8 Å². The molecule has 0 aromatic carbocycles. The minimum Gasteiger partial charge on any atom is -0.0998 e. The van der Waals surface area contributed by atoms with Gasteiger partial charge in [0.25, 0.3) is 0 Å². The van der Waals surface area contributed by atoms with Crippen LogP contribution in [0.2, 0.25) is 6.04 Å². The van der Waals surface area contributed by atoms with Gasteiger partial charge in [0.05, 0.1) is 0 Å². The Balaban J connectivity index is 2.47. The summed E-state index contributed by atoms with van der Waals surface area (Å²) < 4.78 is 0. The highest BCUT2D eigenvalue weighted by atomic mass is 28.1. The fourth-order valence-corrected chi connectivity index (χ4v) is 2.30. The van der Waals surface area contributed by atoms with Gasteiger partial charge < -0.3 is 0 Å². The minimum absolute atomic E-state index is 0.784. The SMILES string of the molecule is C=C(C)C1CC=C(C[SiH3])CC1. The lowest BCUT2D eigenvalue weighted by molar-refractivity contribution is 0.540. The molecule has 0 saturated carbocycles. The van der Waals surface area contributed by atoms with Crippen LogP contribution in [0, 0.1) is 5.92 Å². The normalized spacial score (nSPS) is 24.8. The Kier molecular flexibility index (Phi) is 3.12. The molecule has 1 rings (SSSR count). The van der Waals surface area contributed by atoms with Crippen LogP contribution in [-0.2, 0) is 0 Å². The average molecular weight is 166 g/mol. The molecule has 1 aliphatic rings. The molecule has 1 aliphatic carbocycles. The van der Waals surface area contributed by atoms with E-state index in [9.17, 15) is 0 Å². The summed E-state index contributed by atoms with van der Waals surface area (Å²) in [5.41, 5.74) is 3.07. The summed E-state index contributed by atoms with van der Waals surface area (Å²) in [6, 6.07) is 1.38. The van der Waals surface area contributed by atoms with Gasteiger partial charge in [0.1, 0.15) is 0 Å². The van der Waals surface area contributed by atoms with Crippen LogP contribution in [-0.4, -0.2) is 10.2 Å². The molecule has 0 aromatic heterocycles. The van der Waals surface area contributed by atoms with E-state index in [1.54, 1.807) is 5.57 Å². The Bertz CT molecular complexity index is 179. The first-order chi connectivity index (χ1) is 5.24. The highest BCUT2D eigenvalue weighted by Crippen LogP contribution is 2.28. The lowest BCUT2D eigenvalue weighted by atomic mass is 9.86. The van der Waals surface area contributed by atoms with Crippen molar-refractivity contribution in [3.8, 4) is 0 Å². The molecule has 1 atom stereocenters. The van der Waals surface area contributed by atoms with E-state index in [-0.39, 0.29) is 0 Å². The number of rotatable bonds is 2. The van der Waals surface area contributed by atoms with Gasteiger partial charge in [0, 0.05) is 10.2 Å². The van der Waals surface area contributed by atoms with Crippen LogP contribution in [0.4, 0.5) is 0 Å². The third-order valence-corrected chi connectivity index (χ3v) is 3.56. The maximum absolute atomic E-state index is 4.01. The van der Waals surface area contributed by atoms with Crippen molar-refractivity contribution >= 4 is 10.2 Å². The van der Waals surface area contributed by atoms with Gasteiger partial charge in [-0.3, -0.25) is 0 Å². The van der Waals surface area contributed by atoms with Gasteiger partial charge in [0.15, 0.2) is 0 Å². The molecule has 1 heteroatoms. The van der Waals surface area contributed by atoms with Crippen LogP contribution in [0.1, 0.15) is 26.2 Å². The van der Waals surface area contributed by atoms with E-state index in [2.05, 4.69) is 19.6 Å². The van der Waals surface area contributed by atoms with Gasteiger partial charge in [0.2, 0.25) is 0 Å². The zero-order valence-corrected chi connectivity index (χ0v) is 9.69. The van der Waals surface area contributed by atoms with Crippen LogP contribution < -0.4 is 0 Å². The second-order valence-corrected chi connectivity index (χ2v) is 4.24. The summed E-state index contributed by atoms with van der Waals surface area (Å²) >= 11 is 0. The Morgan fingerprint density at radius 3 is 2.91 bits per heavy atom. The summed E-state index contributed by atoms with van der Waals surface area (Å²) in [4.78, 5) is 0. The highest BCUT2D eigenvalue weighted by Gasteiger charge is 2.13. The van der Waals surface area contributed by atoms with Crippen molar-refractivity contribution in [3.05, 3.63) is 23.8 Å². The Morgan fingerprint density at radius 2 is 2.55 bits per heavy atom. The number of allylic oxidation sites excluding steroid dienone is 3. The van der Waals surface area contributed by atoms with Gasteiger partial charge in [-0.2, -0.15) is 0 Å². The molecule has 0 amide bonds. The Hall–Kier alpha value is -0.303. The van der Waals surface area contributed by atoms with E-state index < -0.39 is 0 Å². The molecule has 62 valence electrons. The number of hydrogen-bond donors (Lipinski definition) is 0. The van der Waals surface area contributed by atoms with Gasteiger partial charge in [-0.25, -0.2) is 0 Å². The number of hydrogen-bond acceptors (Lipinski definition) is 0. The quantitative estimate of drug-likeness (QED) is 0.435. The van der Waals surface area contributed by atoms with Crippen LogP contribution in [0.15, 0.2) is 23.8 Å². The first kappa shape index (κ1) is 8.79. The molecule has 11 heavy (non-hydrogen) atoms. The Morgan fingerprint density at radius 1 is 1.82 bits per heavy atom. The van der Waals surface area contributed by atoms with Crippen LogP contribution in [0.3, 0.4) is 0 Å². The second-order valence-electron chi connectivity index (χ2n) is 3.53. The summed E-state index contributed by atoms with van der Waals surface area (Å²) in [6.45, 7) is 6.17. The van der Waals surface area contributed by atoms with Gasteiger partial charge in [-0.15, -0.1) is 0 Å². The molecule has 0 nitrogen and oxygen atoms in total.